The summed E-state index contributed by atoms with van der Waals surface area (Å²) in [6, 6.07) is 7.79. The van der Waals surface area contributed by atoms with E-state index in [0.717, 1.165) is 37.2 Å². The smallest absolute Gasteiger partial charge is 0.241 e. The molecule has 1 N–H and O–H groups in total. The number of amides is 2. The molecule has 2 fully saturated rings. The van der Waals surface area contributed by atoms with Gasteiger partial charge in [-0.15, -0.1) is 0 Å². The number of nitrogens with one attached hydrogen (secondary N) is 1. The van der Waals surface area contributed by atoms with Crippen LogP contribution in [-0.4, -0.2) is 99.6 Å². The van der Waals surface area contributed by atoms with E-state index in [4.69, 9.17) is 14.5 Å². The molecule has 0 aliphatic carbocycles. The topological polar surface area (TPSA) is 86.7 Å². The monoisotopic (exact) mass is 445 g/mol. The summed E-state index contributed by atoms with van der Waals surface area (Å²) in [4.78, 5) is 35.3. The second kappa shape index (κ2) is 11.7. The van der Waals surface area contributed by atoms with Crippen molar-refractivity contribution >= 4 is 17.8 Å². The number of methoxy groups -OCH3 is 1. The first-order valence-electron chi connectivity index (χ1n) is 11.2. The summed E-state index contributed by atoms with van der Waals surface area (Å²) in [6.45, 7) is 4.74. The summed E-state index contributed by atoms with van der Waals surface area (Å²) < 4.78 is 10.6. The average Bonchev–Trinajstić information content (AvgIpc) is 2.84. The van der Waals surface area contributed by atoms with Gasteiger partial charge in [-0.1, -0.05) is 12.1 Å². The van der Waals surface area contributed by atoms with Gasteiger partial charge in [0.05, 0.1) is 33.4 Å². The van der Waals surface area contributed by atoms with Gasteiger partial charge in [-0.3, -0.25) is 9.59 Å². The zero-order valence-electron chi connectivity index (χ0n) is 19.4. The molecule has 1 aromatic rings. The minimum Gasteiger partial charge on any atom is -0.497 e. The number of guanidine groups is 1. The van der Waals surface area contributed by atoms with Crippen molar-refractivity contribution in [3.63, 3.8) is 0 Å². The van der Waals surface area contributed by atoms with Gasteiger partial charge in [-0.25, -0.2) is 4.99 Å². The maximum Gasteiger partial charge on any atom is 0.241 e. The number of likely N-dealkylation sites (N-methyl/N-ethyl adjacent to an activating group) is 1. The number of likely N-dealkylation sites (tertiary alicyclic amines) is 1. The molecule has 2 aliphatic heterocycles. The van der Waals surface area contributed by atoms with Crippen LogP contribution in [0.1, 0.15) is 18.4 Å². The molecule has 2 aliphatic rings. The highest BCUT2D eigenvalue weighted by molar-refractivity contribution is 5.86. The van der Waals surface area contributed by atoms with Crippen LogP contribution in [-0.2, 0) is 20.9 Å². The van der Waals surface area contributed by atoms with Gasteiger partial charge < -0.3 is 29.5 Å². The molecule has 0 saturated carbocycles. The Bertz CT molecular complexity index is 782. The maximum absolute atomic E-state index is 12.8. The lowest BCUT2D eigenvalue weighted by Gasteiger charge is -2.36. The first-order chi connectivity index (χ1) is 15.5. The van der Waals surface area contributed by atoms with Crippen LogP contribution in [0.4, 0.5) is 0 Å². The molecule has 2 amide bonds. The second-order valence-electron chi connectivity index (χ2n) is 8.33. The molecule has 32 heavy (non-hydrogen) atoms. The number of ether oxygens (including phenoxy) is 2. The molecule has 3 rings (SSSR count). The third kappa shape index (κ3) is 6.59. The maximum atomic E-state index is 12.8. The van der Waals surface area contributed by atoms with E-state index < -0.39 is 0 Å². The lowest BCUT2D eigenvalue weighted by molar-refractivity contribution is -0.140. The molecular formula is C23H35N5O4. The highest BCUT2D eigenvalue weighted by Crippen LogP contribution is 2.21. The fourth-order valence-electron chi connectivity index (χ4n) is 3.86. The number of carbonyl (C=O) groups excluding carboxylic acids is 2. The molecule has 0 aromatic heterocycles. The summed E-state index contributed by atoms with van der Waals surface area (Å²) in [6.07, 6.45) is 1.56. The van der Waals surface area contributed by atoms with Crippen molar-refractivity contribution in [3.05, 3.63) is 29.8 Å². The quantitative estimate of drug-likeness (QED) is 0.515. The Morgan fingerprint density at radius 1 is 1.09 bits per heavy atom. The molecule has 0 unspecified atom stereocenters. The van der Waals surface area contributed by atoms with Crippen LogP contribution in [0.5, 0.6) is 5.75 Å². The average molecular weight is 446 g/mol. The Hall–Kier alpha value is -2.81. The zero-order chi connectivity index (χ0) is 22.9. The molecule has 0 spiro atoms. The van der Waals surface area contributed by atoms with Crippen LogP contribution in [0.25, 0.3) is 0 Å². The largest absolute Gasteiger partial charge is 0.497 e. The molecule has 1 aromatic carbocycles. The summed E-state index contributed by atoms with van der Waals surface area (Å²) in [5.41, 5.74) is 1.06. The van der Waals surface area contributed by atoms with Crippen molar-refractivity contribution in [2.24, 2.45) is 10.9 Å². The van der Waals surface area contributed by atoms with Gasteiger partial charge in [-0.05, 0) is 30.5 Å². The van der Waals surface area contributed by atoms with Gasteiger partial charge in [0, 0.05) is 46.2 Å². The molecule has 2 saturated heterocycles. The van der Waals surface area contributed by atoms with E-state index >= 15 is 0 Å². The molecule has 0 bridgehead atoms. The Morgan fingerprint density at radius 3 is 2.34 bits per heavy atom. The predicted molar refractivity (Wildman–Crippen MR) is 123 cm³/mol. The molecule has 9 nitrogen and oxygen atoms in total. The Labute approximate surface area is 190 Å². The molecule has 0 radical (unpaired) electrons. The summed E-state index contributed by atoms with van der Waals surface area (Å²) in [7, 11) is 5.12. The highest BCUT2D eigenvalue weighted by atomic mass is 16.5. The fraction of sp³-hybridized carbons (Fsp3) is 0.609. The van der Waals surface area contributed by atoms with Crippen molar-refractivity contribution in [1.82, 2.24) is 20.0 Å². The van der Waals surface area contributed by atoms with E-state index in [2.05, 4.69) is 10.2 Å². The van der Waals surface area contributed by atoms with Crippen molar-refractivity contribution in [3.8, 4) is 5.75 Å². The number of carbonyl (C=O) groups is 2. The summed E-state index contributed by atoms with van der Waals surface area (Å²) in [5, 5.41) is 3.22. The van der Waals surface area contributed by atoms with Crippen molar-refractivity contribution in [1.29, 1.82) is 0 Å². The third-order valence-corrected chi connectivity index (χ3v) is 5.93. The highest BCUT2D eigenvalue weighted by Gasteiger charge is 2.30. The Kier molecular flexibility index (Phi) is 8.72. The zero-order valence-corrected chi connectivity index (χ0v) is 19.4. The molecule has 2 heterocycles. The molecule has 9 heteroatoms. The SMILES string of the molecule is COc1ccc(CN=C(NCC(=O)N(C)C)N2CCC(C(=O)N3CCOCC3)CC2)cc1. The van der Waals surface area contributed by atoms with Crippen LogP contribution in [0.3, 0.4) is 0 Å². The van der Waals surface area contributed by atoms with Crippen LogP contribution in [0, 0.1) is 5.92 Å². The second-order valence-corrected chi connectivity index (χ2v) is 8.33. The number of aliphatic imine (C=N–C) groups is 1. The predicted octanol–water partition coefficient (Wildman–Crippen LogP) is 0.800. The number of benzene rings is 1. The first-order valence-corrected chi connectivity index (χ1v) is 11.2. The van der Waals surface area contributed by atoms with Gasteiger partial charge in [0.2, 0.25) is 11.8 Å². The van der Waals surface area contributed by atoms with Crippen LogP contribution in [0.2, 0.25) is 0 Å². The van der Waals surface area contributed by atoms with Gasteiger partial charge >= 0.3 is 0 Å². The summed E-state index contributed by atoms with van der Waals surface area (Å²) >= 11 is 0. The van der Waals surface area contributed by atoms with E-state index in [1.807, 2.05) is 29.2 Å². The lowest BCUT2D eigenvalue weighted by Crippen LogP contribution is -2.51. The van der Waals surface area contributed by atoms with E-state index in [9.17, 15) is 9.59 Å². The van der Waals surface area contributed by atoms with E-state index in [0.29, 0.717) is 38.8 Å². The summed E-state index contributed by atoms with van der Waals surface area (Å²) in [5.74, 6) is 1.77. The van der Waals surface area contributed by atoms with Crippen molar-refractivity contribution < 1.29 is 19.1 Å². The first kappa shape index (κ1) is 23.8. The number of morpholine rings is 1. The van der Waals surface area contributed by atoms with Crippen molar-refractivity contribution in [2.75, 3.05) is 67.1 Å². The minimum atomic E-state index is -0.0143. The van der Waals surface area contributed by atoms with Gasteiger partial charge in [0.25, 0.3) is 0 Å². The van der Waals surface area contributed by atoms with Gasteiger partial charge in [0.1, 0.15) is 5.75 Å². The minimum absolute atomic E-state index is 0.0143. The Morgan fingerprint density at radius 2 is 1.75 bits per heavy atom. The van der Waals surface area contributed by atoms with Gasteiger partial charge in [-0.2, -0.15) is 0 Å². The van der Waals surface area contributed by atoms with Crippen LogP contribution >= 0.6 is 0 Å². The Balaban J connectivity index is 1.62. The number of hydrogen-bond donors (Lipinski definition) is 1. The van der Waals surface area contributed by atoms with Gasteiger partial charge in [0.15, 0.2) is 5.96 Å². The number of rotatable bonds is 6. The number of hydrogen-bond acceptors (Lipinski definition) is 5. The molecule has 0 atom stereocenters. The van der Waals surface area contributed by atoms with Crippen LogP contribution in [0.15, 0.2) is 29.3 Å². The van der Waals surface area contributed by atoms with E-state index in [1.165, 1.54) is 0 Å². The van der Waals surface area contributed by atoms with Crippen molar-refractivity contribution in [2.45, 2.75) is 19.4 Å². The van der Waals surface area contributed by atoms with Crippen LogP contribution < -0.4 is 10.1 Å². The molecular weight excluding hydrogens is 410 g/mol. The van der Waals surface area contributed by atoms with E-state index in [-0.39, 0.29) is 24.3 Å². The molecule has 176 valence electrons. The number of nitrogens with zero attached hydrogens (tertiary/aromatic N) is 4. The third-order valence-electron chi connectivity index (χ3n) is 5.93. The standard InChI is InChI=1S/C23H35N5O4/c1-26(2)21(29)17-25-23(24-16-18-4-6-20(31-3)7-5-18)28-10-8-19(9-11-28)22(30)27-12-14-32-15-13-27/h4-7,19H,8-17H2,1-3H3,(H,24,25). The number of piperidine rings is 1. The normalized spacial score (nSPS) is 17.8. The fourth-order valence-corrected chi connectivity index (χ4v) is 3.86. The van der Waals surface area contributed by atoms with E-state index in [1.54, 1.807) is 26.1 Å². The lowest BCUT2D eigenvalue weighted by atomic mass is 9.95.